The van der Waals surface area contributed by atoms with Gasteiger partial charge in [-0.05, 0) is 60.2 Å². The fraction of sp³-hybridized carbons (Fsp3) is 0.290. The SMILES string of the molecule is CCc1cccc2c3c([nH]c12)C(CC)(CC(=O)Nc1nc2ccccc2n1Cc1ccc(Cl)cc1)OCC3. The van der Waals surface area contributed by atoms with Crippen LogP contribution in [0.4, 0.5) is 5.95 Å². The van der Waals surface area contributed by atoms with Crippen molar-refractivity contribution in [2.75, 3.05) is 11.9 Å². The second kappa shape index (κ2) is 9.93. The van der Waals surface area contributed by atoms with Gasteiger partial charge in [0.25, 0.3) is 0 Å². The van der Waals surface area contributed by atoms with Gasteiger partial charge in [0, 0.05) is 15.9 Å². The molecule has 7 heteroatoms. The van der Waals surface area contributed by atoms with Gasteiger partial charge in [0.15, 0.2) is 0 Å². The third-order valence-corrected chi connectivity index (χ3v) is 8.02. The fourth-order valence-corrected chi connectivity index (χ4v) is 5.90. The number of ether oxygens (including phenoxy) is 1. The largest absolute Gasteiger partial charge is 0.368 e. The molecule has 0 saturated heterocycles. The van der Waals surface area contributed by atoms with E-state index in [1.807, 2.05) is 53.1 Å². The first kappa shape index (κ1) is 24.7. The summed E-state index contributed by atoms with van der Waals surface area (Å²) >= 11 is 6.10. The zero-order valence-electron chi connectivity index (χ0n) is 21.7. The smallest absolute Gasteiger partial charge is 0.230 e. The summed E-state index contributed by atoms with van der Waals surface area (Å²) in [5, 5.41) is 5.05. The molecule has 2 aromatic heterocycles. The Kier molecular flexibility index (Phi) is 6.46. The number of anilines is 1. The van der Waals surface area contributed by atoms with Crippen LogP contribution in [0.15, 0.2) is 66.7 Å². The van der Waals surface area contributed by atoms with E-state index in [-0.39, 0.29) is 12.3 Å². The molecular formula is C31H31ClN4O2. The molecule has 1 amide bonds. The van der Waals surface area contributed by atoms with Crippen LogP contribution in [0.3, 0.4) is 0 Å². The normalized spacial score (nSPS) is 17.1. The molecule has 1 aliphatic rings. The topological polar surface area (TPSA) is 71.9 Å². The third-order valence-electron chi connectivity index (χ3n) is 7.77. The van der Waals surface area contributed by atoms with Gasteiger partial charge in [0.1, 0.15) is 5.60 Å². The van der Waals surface area contributed by atoms with E-state index in [9.17, 15) is 4.79 Å². The average Bonchev–Trinajstić information content (AvgIpc) is 3.49. The van der Waals surface area contributed by atoms with E-state index >= 15 is 0 Å². The van der Waals surface area contributed by atoms with Crippen LogP contribution in [0.25, 0.3) is 21.9 Å². The molecule has 0 spiro atoms. The maximum atomic E-state index is 13.6. The highest BCUT2D eigenvalue weighted by molar-refractivity contribution is 6.30. The number of aromatic nitrogens is 3. The van der Waals surface area contributed by atoms with E-state index in [2.05, 4.69) is 42.3 Å². The Hall–Kier alpha value is -3.61. The maximum absolute atomic E-state index is 13.6. The Labute approximate surface area is 227 Å². The van der Waals surface area contributed by atoms with Gasteiger partial charge in [-0.1, -0.05) is 67.9 Å². The number of aryl methyl sites for hydroxylation is 1. The molecule has 2 N–H and O–H groups in total. The lowest BCUT2D eigenvalue weighted by Crippen LogP contribution is -2.39. The standard InChI is InChI=1S/C31H31ClN4O2/c1-3-21-8-7-9-23-24-16-17-38-31(4-2,29(24)35-28(21)23)18-27(37)34-30-33-25-10-5-6-11-26(25)36(30)19-20-12-14-22(32)15-13-20/h5-15,35H,3-4,16-19H2,1-2H3,(H,33,34,37). The van der Waals surface area contributed by atoms with E-state index in [1.165, 1.54) is 16.5 Å². The van der Waals surface area contributed by atoms with Gasteiger partial charge in [0.05, 0.1) is 36.3 Å². The number of aromatic amines is 1. The van der Waals surface area contributed by atoms with Crippen LogP contribution in [-0.4, -0.2) is 27.0 Å². The van der Waals surface area contributed by atoms with Crippen molar-refractivity contribution in [2.24, 2.45) is 0 Å². The van der Waals surface area contributed by atoms with Crippen LogP contribution in [0.1, 0.15) is 49.1 Å². The van der Waals surface area contributed by atoms with Gasteiger partial charge >= 0.3 is 0 Å². The van der Waals surface area contributed by atoms with Crippen molar-refractivity contribution >= 4 is 45.4 Å². The van der Waals surface area contributed by atoms with E-state index in [0.29, 0.717) is 30.5 Å². The van der Waals surface area contributed by atoms with Crippen molar-refractivity contribution in [1.82, 2.24) is 14.5 Å². The van der Waals surface area contributed by atoms with Crippen molar-refractivity contribution in [2.45, 2.75) is 51.7 Å². The summed E-state index contributed by atoms with van der Waals surface area (Å²) in [7, 11) is 0. The van der Waals surface area contributed by atoms with Crippen LogP contribution in [-0.2, 0) is 34.5 Å². The summed E-state index contributed by atoms with van der Waals surface area (Å²) in [6.07, 6.45) is 2.67. The van der Waals surface area contributed by atoms with Crippen LogP contribution in [0.2, 0.25) is 5.02 Å². The molecule has 194 valence electrons. The van der Waals surface area contributed by atoms with Crippen LogP contribution < -0.4 is 5.32 Å². The summed E-state index contributed by atoms with van der Waals surface area (Å²) < 4.78 is 8.46. The molecule has 0 saturated carbocycles. The quantitative estimate of drug-likeness (QED) is 0.240. The third kappa shape index (κ3) is 4.28. The molecule has 3 heterocycles. The van der Waals surface area contributed by atoms with E-state index in [0.717, 1.165) is 40.6 Å². The zero-order valence-corrected chi connectivity index (χ0v) is 22.4. The fourth-order valence-electron chi connectivity index (χ4n) is 5.77. The highest BCUT2D eigenvalue weighted by atomic mass is 35.5. The first-order valence-electron chi connectivity index (χ1n) is 13.3. The number of hydrogen-bond donors (Lipinski definition) is 2. The lowest BCUT2D eigenvalue weighted by molar-refractivity contribution is -0.128. The van der Waals surface area contributed by atoms with Crippen molar-refractivity contribution in [3.8, 4) is 0 Å². The molecule has 6 rings (SSSR count). The lowest BCUT2D eigenvalue weighted by atomic mass is 9.86. The zero-order chi connectivity index (χ0) is 26.3. The highest BCUT2D eigenvalue weighted by Crippen LogP contribution is 2.42. The molecule has 38 heavy (non-hydrogen) atoms. The molecule has 0 bridgehead atoms. The van der Waals surface area contributed by atoms with E-state index in [4.69, 9.17) is 21.3 Å². The number of amides is 1. The van der Waals surface area contributed by atoms with Gasteiger partial charge < -0.3 is 14.3 Å². The van der Waals surface area contributed by atoms with E-state index < -0.39 is 5.60 Å². The van der Waals surface area contributed by atoms with Gasteiger partial charge in [-0.2, -0.15) is 0 Å². The highest BCUT2D eigenvalue weighted by Gasteiger charge is 2.41. The molecular weight excluding hydrogens is 496 g/mol. The number of imidazole rings is 1. The van der Waals surface area contributed by atoms with Crippen LogP contribution >= 0.6 is 11.6 Å². The predicted octanol–water partition coefficient (Wildman–Crippen LogP) is 6.99. The minimum Gasteiger partial charge on any atom is -0.368 e. The maximum Gasteiger partial charge on any atom is 0.230 e. The van der Waals surface area contributed by atoms with Gasteiger partial charge in [-0.15, -0.1) is 0 Å². The number of halogens is 1. The van der Waals surface area contributed by atoms with Crippen LogP contribution in [0.5, 0.6) is 0 Å². The number of nitrogens with one attached hydrogen (secondary N) is 2. The summed E-state index contributed by atoms with van der Waals surface area (Å²) in [6.45, 7) is 5.41. The second-order valence-electron chi connectivity index (χ2n) is 9.98. The minimum atomic E-state index is -0.714. The Morgan fingerprint density at radius 2 is 1.92 bits per heavy atom. The number of carbonyl (C=O) groups excluding carboxylic acids is 1. The predicted molar refractivity (Wildman–Crippen MR) is 153 cm³/mol. The number of nitrogens with zero attached hydrogens (tertiary/aromatic N) is 2. The lowest BCUT2D eigenvalue weighted by Gasteiger charge is -2.36. The van der Waals surface area contributed by atoms with Crippen LogP contribution in [0, 0.1) is 0 Å². The summed E-state index contributed by atoms with van der Waals surface area (Å²) in [4.78, 5) is 22.1. The number of rotatable bonds is 7. The Morgan fingerprint density at radius 1 is 1.11 bits per heavy atom. The molecule has 5 aromatic rings. The van der Waals surface area contributed by atoms with Gasteiger partial charge in [-0.25, -0.2) is 4.98 Å². The molecule has 6 nitrogen and oxygen atoms in total. The van der Waals surface area contributed by atoms with Crippen molar-refractivity contribution in [3.05, 3.63) is 94.1 Å². The summed E-state index contributed by atoms with van der Waals surface area (Å²) in [5.74, 6) is 0.403. The Bertz CT molecular complexity index is 1640. The Balaban J connectivity index is 1.33. The second-order valence-corrected chi connectivity index (χ2v) is 10.4. The van der Waals surface area contributed by atoms with Crippen molar-refractivity contribution in [1.29, 1.82) is 0 Å². The van der Waals surface area contributed by atoms with E-state index in [1.54, 1.807) is 0 Å². The molecule has 1 unspecified atom stereocenters. The number of carbonyl (C=O) groups is 1. The number of hydrogen-bond acceptors (Lipinski definition) is 3. The first-order chi connectivity index (χ1) is 18.5. The monoisotopic (exact) mass is 526 g/mol. The van der Waals surface area contributed by atoms with Gasteiger partial charge in [-0.3, -0.25) is 10.1 Å². The number of benzene rings is 3. The van der Waals surface area contributed by atoms with Crippen molar-refractivity contribution in [3.63, 3.8) is 0 Å². The Morgan fingerprint density at radius 3 is 2.71 bits per heavy atom. The molecule has 0 aliphatic carbocycles. The molecule has 1 atom stereocenters. The van der Waals surface area contributed by atoms with Gasteiger partial charge in [0.2, 0.25) is 11.9 Å². The number of para-hydroxylation sites is 3. The molecule has 3 aromatic carbocycles. The molecule has 0 fully saturated rings. The number of fused-ring (bicyclic) bond motifs is 4. The van der Waals surface area contributed by atoms with Crippen molar-refractivity contribution < 1.29 is 9.53 Å². The minimum absolute atomic E-state index is 0.123. The first-order valence-corrected chi connectivity index (χ1v) is 13.7. The summed E-state index contributed by atoms with van der Waals surface area (Å²) in [5.41, 5.74) is 6.90. The number of H-pyrrole nitrogens is 1. The summed E-state index contributed by atoms with van der Waals surface area (Å²) in [6, 6.07) is 22.1. The molecule has 1 aliphatic heterocycles. The average molecular weight is 527 g/mol. The molecule has 0 radical (unpaired) electrons.